The largest absolute Gasteiger partial charge is 0.409 e. The van der Waals surface area contributed by atoms with Crippen molar-refractivity contribution in [2.75, 3.05) is 7.05 Å². The fourth-order valence-electron chi connectivity index (χ4n) is 2.64. The van der Waals surface area contributed by atoms with Crippen LogP contribution in [0.4, 0.5) is 13.2 Å². The maximum atomic E-state index is 13.7. The summed E-state index contributed by atoms with van der Waals surface area (Å²) in [6.45, 7) is 0. The van der Waals surface area contributed by atoms with Gasteiger partial charge in [-0.15, -0.1) is 0 Å². The van der Waals surface area contributed by atoms with Crippen LogP contribution >= 0.6 is 11.6 Å². The zero-order chi connectivity index (χ0) is 19.1. The molecule has 0 bridgehead atoms. The quantitative estimate of drug-likeness (QED) is 0.663. The SMILES string of the molecule is CN(C(c1ccc(Cl)cc1)C(F)(F)F)S(=O)(=O)c1cnc2ccccn12. The van der Waals surface area contributed by atoms with Gasteiger partial charge in [-0.2, -0.15) is 17.5 Å². The van der Waals surface area contributed by atoms with E-state index in [9.17, 15) is 21.6 Å². The van der Waals surface area contributed by atoms with Crippen LogP contribution in [-0.2, 0) is 10.0 Å². The van der Waals surface area contributed by atoms with Gasteiger partial charge in [0.25, 0.3) is 10.0 Å². The number of imidazole rings is 1. The first-order valence-electron chi connectivity index (χ1n) is 7.34. The van der Waals surface area contributed by atoms with Crippen LogP contribution < -0.4 is 0 Å². The summed E-state index contributed by atoms with van der Waals surface area (Å²) < 4.78 is 68.3. The Kier molecular flexibility index (Phi) is 4.72. The Balaban J connectivity index is 2.11. The number of fused-ring (bicyclic) bond motifs is 1. The highest BCUT2D eigenvalue weighted by molar-refractivity contribution is 7.89. The van der Waals surface area contributed by atoms with E-state index in [1.807, 2.05) is 0 Å². The number of aromatic nitrogens is 2. The molecule has 0 fully saturated rings. The highest BCUT2D eigenvalue weighted by atomic mass is 35.5. The van der Waals surface area contributed by atoms with E-state index in [4.69, 9.17) is 11.6 Å². The zero-order valence-corrected chi connectivity index (χ0v) is 14.9. The lowest BCUT2D eigenvalue weighted by atomic mass is 10.1. The molecule has 1 atom stereocenters. The summed E-state index contributed by atoms with van der Waals surface area (Å²) in [6.07, 6.45) is -2.36. The topological polar surface area (TPSA) is 54.7 Å². The molecular formula is C16H13ClF3N3O2S. The molecule has 1 aromatic carbocycles. The summed E-state index contributed by atoms with van der Waals surface area (Å²) in [4.78, 5) is 3.93. The summed E-state index contributed by atoms with van der Waals surface area (Å²) in [7, 11) is -3.59. The normalized spacial score (nSPS) is 14.1. The summed E-state index contributed by atoms with van der Waals surface area (Å²) in [5.41, 5.74) is 0.0799. The van der Waals surface area contributed by atoms with E-state index in [-0.39, 0.29) is 15.6 Å². The van der Waals surface area contributed by atoms with Gasteiger partial charge in [-0.3, -0.25) is 4.40 Å². The summed E-state index contributed by atoms with van der Waals surface area (Å²) in [5.74, 6) is 0. The standard InChI is InChI=1S/C16H13ClF3N3O2S/c1-22(15(16(18,19)20)11-5-7-12(17)8-6-11)26(24,25)14-10-21-13-4-2-3-9-23(13)14/h2-10,15H,1H3. The predicted molar refractivity (Wildman–Crippen MR) is 90.4 cm³/mol. The maximum absolute atomic E-state index is 13.7. The monoisotopic (exact) mass is 403 g/mol. The van der Waals surface area contributed by atoms with E-state index in [0.717, 1.165) is 25.4 Å². The second-order valence-corrected chi connectivity index (χ2v) is 7.92. The van der Waals surface area contributed by atoms with Gasteiger partial charge in [0.05, 0.1) is 6.20 Å². The fraction of sp³-hybridized carbons (Fsp3) is 0.188. The lowest BCUT2D eigenvalue weighted by Crippen LogP contribution is -2.40. The Hall–Kier alpha value is -2.10. The van der Waals surface area contributed by atoms with Crippen LogP contribution in [0.1, 0.15) is 11.6 Å². The van der Waals surface area contributed by atoms with Gasteiger partial charge in [0.2, 0.25) is 0 Å². The molecule has 138 valence electrons. The molecule has 3 aromatic rings. The Morgan fingerprint density at radius 1 is 1.15 bits per heavy atom. The second kappa shape index (κ2) is 6.57. The lowest BCUT2D eigenvalue weighted by molar-refractivity contribution is -0.171. The van der Waals surface area contributed by atoms with E-state index in [1.165, 1.54) is 22.7 Å². The van der Waals surface area contributed by atoms with Gasteiger partial charge in [0.15, 0.2) is 5.03 Å². The van der Waals surface area contributed by atoms with E-state index in [2.05, 4.69) is 4.98 Å². The molecule has 0 saturated heterocycles. The number of rotatable bonds is 4. The number of sulfonamides is 1. The Morgan fingerprint density at radius 2 is 1.81 bits per heavy atom. The van der Waals surface area contributed by atoms with Gasteiger partial charge in [-0.05, 0) is 29.8 Å². The van der Waals surface area contributed by atoms with Crippen molar-refractivity contribution in [2.45, 2.75) is 17.2 Å². The molecule has 0 N–H and O–H groups in total. The molecule has 0 aliphatic rings. The first-order chi connectivity index (χ1) is 12.1. The molecule has 0 aliphatic carbocycles. The molecule has 0 radical (unpaired) electrons. The van der Waals surface area contributed by atoms with E-state index in [0.29, 0.717) is 9.95 Å². The number of hydrogen-bond acceptors (Lipinski definition) is 3. The molecule has 3 rings (SSSR count). The van der Waals surface area contributed by atoms with Crippen molar-refractivity contribution >= 4 is 27.3 Å². The van der Waals surface area contributed by atoms with Gasteiger partial charge < -0.3 is 0 Å². The van der Waals surface area contributed by atoms with E-state index in [1.54, 1.807) is 18.2 Å². The molecular weight excluding hydrogens is 391 g/mol. The highest BCUT2D eigenvalue weighted by Crippen LogP contribution is 2.39. The fourth-order valence-corrected chi connectivity index (χ4v) is 4.17. The van der Waals surface area contributed by atoms with Crippen LogP contribution in [0.25, 0.3) is 5.65 Å². The lowest BCUT2D eigenvalue weighted by Gasteiger charge is -2.29. The number of nitrogens with zero attached hydrogens (tertiary/aromatic N) is 3. The van der Waals surface area contributed by atoms with Crippen molar-refractivity contribution in [2.24, 2.45) is 0 Å². The number of benzene rings is 1. The Morgan fingerprint density at radius 3 is 2.42 bits per heavy atom. The number of pyridine rings is 1. The third kappa shape index (κ3) is 3.29. The molecule has 0 saturated carbocycles. The van der Waals surface area contributed by atoms with Crippen molar-refractivity contribution < 1.29 is 21.6 Å². The average molecular weight is 404 g/mol. The van der Waals surface area contributed by atoms with Crippen LogP contribution in [0.15, 0.2) is 59.9 Å². The van der Waals surface area contributed by atoms with E-state index >= 15 is 0 Å². The van der Waals surface area contributed by atoms with Crippen molar-refractivity contribution in [3.63, 3.8) is 0 Å². The highest BCUT2D eigenvalue weighted by Gasteiger charge is 2.48. The van der Waals surface area contributed by atoms with Crippen LogP contribution in [0.2, 0.25) is 5.02 Å². The summed E-state index contributed by atoms with van der Waals surface area (Å²) in [6, 6.07) is 7.28. The molecule has 1 unspecified atom stereocenters. The number of hydrogen-bond donors (Lipinski definition) is 0. The third-order valence-electron chi connectivity index (χ3n) is 3.89. The maximum Gasteiger partial charge on any atom is 0.409 e. The molecule has 0 spiro atoms. The number of halogens is 4. The first kappa shape index (κ1) is 18.7. The van der Waals surface area contributed by atoms with E-state index < -0.39 is 22.2 Å². The number of alkyl halides is 3. The zero-order valence-electron chi connectivity index (χ0n) is 13.4. The third-order valence-corrected chi connectivity index (χ3v) is 5.94. The van der Waals surface area contributed by atoms with Crippen molar-refractivity contribution in [3.05, 3.63) is 65.4 Å². The van der Waals surface area contributed by atoms with Crippen molar-refractivity contribution in [3.8, 4) is 0 Å². The Bertz CT molecular complexity index is 1030. The van der Waals surface area contributed by atoms with Crippen LogP contribution in [-0.4, -0.2) is 35.3 Å². The molecule has 2 aromatic heterocycles. The summed E-state index contributed by atoms with van der Waals surface area (Å²) >= 11 is 5.72. The van der Waals surface area contributed by atoms with Crippen LogP contribution in [0.5, 0.6) is 0 Å². The molecule has 0 amide bonds. The molecule has 0 aliphatic heterocycles. The van der Waals surface area contributed by atoms with Crippen molar-refractivity contribution in [1.82, 2.24) is 13.7 Å². The summed E-state index contributed by atoms with van der Waals surface area (Å²) in [5, 5.41) is -0.0965. The Labute approximate surface area is 152 Å². The average Bonchev–Trinajstić information content (AvgIpc) is 3.00. The second-order valence-electron chi connectivity index (χ2n) is 5.54. The van der Waals surface area contributed by atoms with Gasteiger partial charge >= 0.3 is 6.18 Å². The van der Waals surface area contributed by atoms with Crippen molar-refractivity contribution in [1.29, 1.82) is 0 Å². The van der Waals surface area contributed by atoms with Gasteiger partial charge in [-0.1, -0.05) is 29.8 Å². The van der Waals surface area contributed by atoms with Gasteiger partial charge in [0.1, 0.15) is 11.7 Å². The minimum atomic E-state index is -4.82. The molecule has 5 nitrogen and oxygen atoms in total. The van der Waals surface area contributed by atoms with Gasteiger partial charge in [0, 0.05) is 18.3 Å². The predicted octanol–water partition coefficient (Wildman–Crippen LogP) is 3.91. The smallest absolute Gasteiger partial charge is 0.289 e. The minimum Gasteiger partial charge on any atom is -0.289 e. The van der Waals surface area contributed by atoms with Crippen LogP contribution in [0.3, 0.4) is 0 Å². The molecule has 2 heterocycles. The van der Waals surface area contributed by atoms with Crippen LogP contribution in [0, 0.1) is 0 Å². The minimum absolute atomic E-state index is 0.234. The first-order valence-corrected chi connectivity index (χ1v) is 9.16. The molecule has 10 heteroatoms. The molecule has 26 heavy (non-hydrogen) atoms. The van der Waals surface area contributed by atoms with Gasteiger partial charge in [-0.25, -0.2) is 13.4 Å².